The van der Waals surface area contributed by atoms with Crippen molar-refractivity contribution in [3.05, 3.63) is 84.1 Å². The van der Waals surface area contributed by atoms with Crippen molar-refractivity contribution in [3.63, 3.8) is 0 Å². The number of fused-ring (bicyclic) bond motifs is 6. The average molecular weight is 409 g/mol. The smallest absolute Gasteiger partial charge is 0.240 e. The number of rotatable bonds is 2. The van der Waals surface area contributed by atoms with Crippen LogP contribution in [0, 0.1) is 11.8 Å². The Labute approximate surface area is 178 Å². The fraction of sp³-hybridized carbons (Fsp3) is 0.160. The van der Waals surface area contributed by atoms with Gasteiger partial charge in [-0.2, -0.15) is 0 Å². The highest BCUT2D eigenvalue weighted by Crippen LogP contribution is 2.53. The first kappa shape index (κ1) is 17.9. The minimum atomic E-state index is -0.865. The molecule has 0 radical (unpaired) electrons. The Balaban J connectivity index is 1.53. The summed E-state index contributed by atoms with van der Waals surface area (Å²) >= 11 is 0. The summed E-state index contributed by atoms with van der Waals surface area (Å²) < 4.78 is 0. The zero-order valence-corrected chi connectivity index (χ0v) is 16.5. The van der Waals surface area contributed by atoms with E-state index >= 15 is 0 Å². The fourth-order valence-corrected chi connectivity index (χ4v) is 5.52. The lowest BCUT2D eigenvalue weighted by atomic mass is 9.84. The van der Waals surface area contributed by atoms with Gasteiger partial charge >= 0.3 is 0 Å². The molecule has 3 aromatic carbocycles. The second-order valence-electron chi connectivity index (χ2n) is 8.25. The first-order chi connectivity index (χ1) is 15.1. The van der Waals surface area contributed by atoms with Crippen LogP contribution in [0.15, 0.2) is 72.9 Å². The van der Waals surface area contributed by atoms with Gasteiger partial charge in [-0.3, -0.25) is 14.4 Å². The summed E-state index contributed by atoms with van der Waals surface area (Å²) in [6.45, 7) is 0. The van der Waals surface area contributed by atoms with E-state index in [1.54, 1.807) is 17.2 Å². The number of carbonyl (C=O) groups is 3. The van der Waals surface area contributed by atoms with Crippen molar-refractivity contribution in [2.24, 2.45) is 17.6 Å². The van der Waals surface area contributed by atoms with Gasteiger partial charge in [-0.05, 0) is 28.7 Å². The van der Waals surface area contributed by atoms with Gasteiger partial charge in [0.15, 0.2) is 0 Å². The molecule has 6 rings (SSSR count). The third-order valence-corrected chi connectivity index (χ3v) is 6.76. The molecule has 152 valence electrons. The Kier molecular flexibility index (Phi) is 3.63. The van der Waals surface area contributed by atoms with Crippen LogP contribution in [0.2, 0.25) is 0 Å². The number of nitrogens with two attached hydrogens (primary N) is 1. The Morgan fingerprint density at radius 3 is 2.39 bits per heavy atom. The van der Waals surface area contributed by atoms with Crippen molar-refractivity contribution in [3.8, 4) is 0 Å². The van der Waals surface area contributed by atoms with Gasteiger partial charge in [0, 0.05) is 11.6 Å². The molecule has 0 aromatic heterocycles. The van der Waals surface area contributed by atoms with Crippen molar-refractivity contribution in [2.75, 3.05) is 4.90 Å². The summed E-state index contributed by atoms with van der Waals surface area (Å²) in [6.07, 6.45) is 3.70. The number of imide groups is 1. The molecule has 2 N–H and O–H groups in total. The van der Waals surface area contributed by atoms with Gasteiger partial charge in [-0.25, -0.2) is 4.90 Å². The zero-order valence-electron chi connectivity index (χ0n) is 16.5. The van der Waals surface area contributed by atoms with Gasteiger partial charge in [-0.1, -0.05) is 60.7 Å². The van der Waals surface area contributed by atoms with Crippen molar-refractivity contribution >= 4 is 40.3 Å². The van der Waals surface area contributed by atoms with E-state index < -0.39 is 29.8 Å². The molecule has 0 unspecified atom stereocenters. The first-order valence-electron chi connectivity index (χ1n) is 10.3. The summed E-state index contributed by atoms with van der Waals surface area (Å²) in [5.74, 6) is -2.73. The number of carbonyl (C=O) groups excluding carboxylic acids is 3. The molecule has 2 saturated heterocycles. The molecule has 3 aliphatic rings. The van der Waals surface area contributed by atoms with Crippen LogP contribution in [0.5, 0.6) is 0 Å². The molecule has 4 atom stereocenters. The number of anilines is 1. The standard InChI is InChI=1S/C25H19N3O3/c26-23(29)22-20-19(21-17-10-4-2-7-15(17)12-13-27(21)22)24(30)28(25(20)31)18-11-5-8-14-6-1-3-9-16(14)18/h1-13,19-22H,(H2,26,29)/t19-,20-,21-,22+/m1/s1. The quantitative estimate of drug-likeness (QED) is 0.660. The Hall–Kier alpha value is -3.93. The molecular weight excluding hydrogens is 390 g/mol. The molecule has 6 heteroatoms. The van der Waals surface area contributed by atoms with E-state index in [9.17, 15) is 14.4 Å². The maximum absolute atomic E-state index is 13.8. The zero-order chi connectivity index (χ0) is 21.3. The SMILES string of the molecule is NC(=O)[C@@H]1[C@@H]2C(=O)N(c3cccc4ccccc34)C(=O)[C@H]2[C@H]2c3ccccc3C=CN12. The van der Waals surface area contributed by atoms with Crippen LogP contribution in [-0.2, 0) is 14.4 Å². The van der Waals surface area contributed by atoms with Gasteiger partial charge in [0.1, 0.15) is 6.04 Å². The largest absolute Gasteiger partial charge is 0.368 e. The molecule has 6 nitrogen and oxygen atoms in total. The minimum Gasteiger partial charge on any atom is -0.368 e. The second-order valence-corrected chi connectivity index (χ2v) is 8.25. The van der Waals surface area contributed by atoms with Crippen molar-refractivity contribution in [1.82, 2.24) is 4.90 Å². The number of amides is 3. The molecule has 3 aliphatic heterocycles. The second kappa shape index (κ2) is 6.28. The van der Waals surface area contributed by atoms with Crippen LogP contribution < -0.4 is 10.6 Å². The van der Waals surface area contributed by atoms with Crippen LogP contribution in [0.4, 0.5) is 5.69 Å². The number of primary amides is 1. The van der Waals surface area contributed by atoms with E-state index in [-0.39, 0.29) is 11.8 Å². The molecule has 31 heavy (non-hydrogen) atoms. The van der Waals surface area contributed by atoms with Crippen molar-refractivity contribution in [1.29, 1.82) is 0 Å². The monoisotopic (exact) mass is 409 g/mol. The van der Waals surface area contributed by atoms with E-state index in [1.807, 2.05) is 66.7 Å². The molecule has 0 bridgehead atoms. The average Bonchev–Trinajstić information content (AvgIpc) is 3.26. The predicted octanol–water partition coefficient (Wildman–Crippen LogP) is 2.84. The van der Waals surface area contributed by atoms with Gasteiger partial charge in [-0.15, -0.1) is 0 Å². The number of hydrogen-bond donors (Lipinski definition) is 1. The van der Waals surface area contributed by atoms with E-state index in [0.717, 1.165) is 21.9 Å². The molecular formula is C25H19N3O3. The Morgan fingerprint density at radius 2 is 1.55 bits per heavy atom. The van der Waals surface area contributed by atoms with Gasteiger partial charge in [0.05, 0.1) is 23.6 Å². The molecule has 0 spiro atoms. The molecule has 3 amide bonds. The number of nitrogens with zero attached hydrogens (tertiary/aromatic N) is 2. The van der Waals surface area contributed by atoms with Gasteiger partial charge in [0.25, 0.3) is 0 Å². The summed E-state index contributed by atoms with van der Waals surface area (Å²) in [6, 6.07) is 19.7. The van der Waals surface area contributed by atoms with E-state index in [4.69, 9.17) is 5.73 Å². The summed E-state index contributed by atoms with van der Waals surface area (Å²) in [5.41, 5.74) is 8.24. The summed E-state index contributed by atoms with van der Waals surface area (Å²) in [4.78, 5) is 43.0. The Bertz CT molecular complexity index is 1310. The van der Waals surface area contributed by atoms with Gasteiger partial charge in [0.2, 0.25) is 17.7 Å². The summed E-state index contributed by atoms with van der Waals surface area (Å²) in [5, 5.41) is 1.76. The lowest BCUT2D eigenvalue weighted by molar-refractivity contribution is -0.129. The minimum absolute atomic E-state index is 0.282. The van der Waals surface area contributed by atoms with Crippen LogP contribution in [0.1, 0.15) is 17.2 Å². The third kappa shape index (κ3) is 2.30. The van der Waals surface area contributed by atoms with E-state index in [0.29, 0.717) is 5.69 Å². The van der Waals surface area contributed by atoms with E-state index in [1.165, 1.54) is 4.90 Å². The maximum Gasteiger partial charge on any atom is 0.240 e. The van der Waals surface area contributed by atoms with Crippen LogP contribution in [0.3, 0.4) is 0 Å². The molecule has 3 aromatic rings. The number of benzene rings is 3. The van der Waals surface area contributed by atoms with Gasteiger partial charge < -0.3 is 10.6 Å². The van der Waals surface area contributed by atoms with Crippen LogP contribution in [0.25, 0.3) is 16.8 Å². The summed E-state index contributed by atoms with van der Waals surface area (Å²) in [7, 11) is 0. The normalized spacial score (nSPS) is 26.2. The predicted molar refractivity (Wildman–Crippen MR) is 116 cm³/mol. The lowest BCUT2D eigenvalue weighted by Gasteiger charge is -2.34. The van der Waals surface area contributed by atoms with Crippen molar-refractivity contribution in [2.45, 2.75) is 12.1 Å². The highest BCUT2D eigenvalue weighted by molar-refractivity contribution is 6.26. The molecule has 3 heterocycles. The fourth-order valence-electron chi connectivity index (χ4n) is 5.52. The van der Waals surface area contributed by atoms with Crippen LogP contribution in [-0.4, -0.2) is 28.7 Å². The highest BCUT2D eigenvalue weighted by Gasteiger charge is 2.64. The first-order valence-corrected chi connectivity index (χ1v) is 10.3. The maximum atomic E-state index is 13.8. The molecule has 2 fully saturated rings. The molecule has 0 aliphatic carbocycles. The number of hydrogen-bond acceptors (Lipinski definition) is 4. The van der Waals surface area contributed by atoms with E-state index in [2.05, 4.69) is 0 Å². The molecule has 0 saturated carbocycles. The third-order valence-electron chi connectivity index (χ3n) is 6.76. The van der Waals surface area contributed by atoms with Crippen molar-refractivity contribution < 1.29 is 14.4 Å². The van der Waals surface area contributed by atoms with Crippen LogP contribution >= 0.6 is 0 Å². The lowest BCUT2D eigenvalue weighted by Crippen LogP contribution is -2.46. The topological polar surface area (TPSA) is 83.7 Å². The Morgan fingerprint density at radius 1 is 0.839 bits per heavy atom. The highest BCUT2D eigenvalue weighted by atomic mass is 16.2.